The van der Waals surface area contributed by atoms with Crippen molar-refractivity contribution in [3.05, 3.63) is 11.9 Å². The number of aromatic nitrogens is 2. The van der Waals surface area contributed by atoms with Crippen molar-refractivity contribution < 1.29 is 4.79 Å². The highest BCUT2D eigenvalue weighted by Crippen LogP contribution is 2.19. The van der Waals surface area contributed by atoms with Crippen LogP contribution in [0.1, 0.15) is 30.3 Å². The number of hydrogen-bond acceptors (Lipinski definition) is 4. The summed E-state index contributed by atoms with van der Waals surface area (Å²) in [4.78, 5) is 16.7. The number of aryl methyl sites for hydroxylation is 1. The SMILES string of the molecule is CCn1ncc(N)c1C(=O)N1CCCC(N(C)C)C1. The fourth-order valence-electron chi connectivity index (χ4n) is 2.58. The smallest absolute Gasteiger partial charge is 0.274 e. The van der Waals surface area contributed by atoms with E-state index in [9.17, 15) is 4.79 Å². The van der Waals surface area contributed by atoms with Crippen molar-refractivity contribution in [3.63, 3.8) is 0 Å². The van der Waals surface area contributed by atoms with Crippen LogP contribution in [0, 0.1) is 0 Å². The molecule has 0 spiro atoms. The Kier molecular flexibility index (Phi) is 4.09. The first-order valence-corrected chi connectivity index (χ1v) is 6.81. The van der Waals surface area contributed by atoms with Gasteiger partial charge < -0.3 is 15.5 Å². The third-order valence-corrected chi connectivity index (χ3v) is 3.78. The highest BCUT2D eigenvalue weighted by Gasteiger charge is 2.28. The quantitative estimate of drug-likeness (QED) is 0.871. The van der Waals surface area contributed by atoms with Gasteiger partial charge >= 0.3 is 0 Å². The van der Waals surface area contributed by atoms with Crippen molar-refractivity contribution in [2.75, 3.05) is 32.9 Å². The minimum Gasteiger partial charge on any atom is -0.396 e. The molecule has 6 heteroatoms. The molecule has 1 aliphatic heterocycles. The molecule has 6 nitrogen and oxygen atoms in total. The number of anilines is 1. The van der Waals surface area contributed by atoms with E-state index in [0.717, 1.165) is 25.9 Å². The van der Waals surface area contributed by atoms with Gasteiger partial charge in [-0.05, 0) is 33.9 Å². The average molecular weight is 265 g/mol. The lowest BCUT2D eigenvalue weighted by molar-refractivity contribution is 0.0624. The zero-order valence-electron chi connectivity index (χ0n) is 12.0. The van der Waals surface area contributed by atoms with Crippen LogP contribution >= 0.6 is 0 Å². The second-order valence-corrected chi connectivity index (χ2v) is 5.28. The summed E-state index contributed by atoms with van der Waals surface area (Å²) in [5.74, 6) is 0.00315. The van der Waals surface area contributed by atoms with Crippen molar-refractivity contribution in [1.82, 2.24) is 19.6 Å². The monoisotopic (exact) mass is 265 g/mol. The maximum absolute atomic E-state index is 12.6. The number of carbonyl (C=O) groups is 1. The van der Waals surface area contributed by atoms with E-state index in [-0.39, 0.29) is 5.91 Å². The third kappa shape index (κ3) is 2.73. The van der Waals surface area contributed by atoms with Crippen LogP contribution in [0.2, 0.25) is 0 Å². The summed E-state index contributed by atoms with van der Waals surface area (Å²) in [6.07, 6.45) is 3.73. The maximum atomic E-state index is 12.6. The van der Waals surface area contributed by atoms with E-state index in [0.29, 0.717) is 24.0 Å². The maximum Gasteiger partial charge on any atom is 0.274 e. The van der Waals surface area contributed by atoms with Gasteiger partial charge in [-0.15, -0.1) is 0 Å². The molecular weight excluding hydrogens is 242 g/mol. The minimum absolute atomic E-state index is 0.00315. The van der Waals surface area contributed by atoms with Crippen molar-refractivity contribution in [2.45, 2.75) is 32.4 Å². The van der Waals surface area contributed by atoms with E-state index >= 15 is 0 Å². The van der Waals surface area contributed by atoms with Gasteiger partial charge in [-0.2, -0.15) is 5.10 Å². The Balaban J connectivity index is 2.17. The van der Waals surface area contributed by atoms with Gasteiger partial charge in [0, 0.05) is 25.7 Å². The number of likely N-dealkylation sites (N-methyl/N-ethyl adjacent to an activating group) is 1. The number of rotatable bonds is 3. The Bertz CT molecular complexity index is 454. The van der Waals surface area contributed by atoms with E-state index in [2.05, 4.69) is 24.1 Å². The summed E-state index contributed by atoms with van der Waals surface area (Å²) in [5, 5.41) is 4.14. The number of hydrogen-bond donors (Lipinski definition) is 1. The number of nitrogens with zero attached hydrogens (tertiary/aromatic N) is 4. The lowest BCUT2D eigenvalue weighted by Gasteiger charge is -2.36. The first-order valence-electron chi connectivity index (χ1n) is 6.81. The number of nitrogen functional groups attached to an aromatic ring is 1. The second-order valence-electron chi connectivity index (χ2n) is 5.28. The van der Waals surface area contributed by atoms with Gasteiger partial charge in [0.2, 0.25) is 0 Å². The second kappa shape index (κ2) is 5.61. The first kappa shape index (κ1) is 13.9. The lowest BCUT2D eigenvalue weighted by Crippen LogP contribution is -2.48. The predicted octanol–water partition coefficient (Wildman–Crippen LogP) is 0.651. The topological polar surface area (TPSA) is 67.4 Å². The van der Waals surface area contributed by atoms with E-state index in [1.165, 1.54) is 0 Å². The van der Waals surface area contributed by atoms with Crippen molar-refractivity contribution in [2.24, 2.45) is 0 Å². The predicted molar refractivity (Wildman–Crippen MR) is 74.9 cm³/mol. The molecule has 1 unspecified atom stereocenters. The summed E-state index contributed by atoms with van der Waals surface area (Å²) < 4.78 is 1.68. The molecule has 2 rings (SSSR count). The van der Waals surface area contributed by atoms with Gasteiger partial charge in [-0.1, -0.05) is 0 Å². The molecule has 1 fully saturated rings. The molecule has 106 valence electrons. The van der Waals surface area contributed by atoms with Crippen LogP contribution in [0.25, 0.3) is 0 Å². The molecule has 1 aromatic rings. The van der Waals surface area contributed by atoms with Gasteiger partial charge in [0.25, 0.3) is 5.91 Å². The number of likely N-dealkylation sites (tertiary alicyclic amines) is 1. The fraction of sp³-hybridized carbons (Fsp3) is 0.692. The summed E-state index contributed by atoms with van der Waals surface area (Å²) in [6.45, 7) is 4.18. The third-order valence-electron chi connectivity index (χ3n) is 3.78. The van der Waals surface area contributed by atoms with E-state index in [4.69, 9.17) is 5.73 Å². The molecule has 0 saturated carbocycles. The molecule has 0 aromatic carbocycles. The zero-order chi connectivity index (χ0) is 14.0. The number of piperidine rings is 1. The Hall–Kier alpha value is -1.56. The molecule has 0 aliphatic carbocycles. The minimum atomic E-state index is 0.00315. The van der Waals surface area contributed by atoms with E-state index < -0.39 is 0 Å². The Morgan fingerprint density at radius 3 is 2.95 bits per heavy atom. The summed E-state index contributed by atoms with van der Waals surface area (Å²) in [6, 6.07) is 0.428. The summed E-state index contributed by atoms with van der Waals surface area (Å²) in [7, 11) is 4.12. The average Bonchev–Trinajstić information content (AvgIpc) is 2.79. The highest BCUT2D eigenvalue weighted by molar-refractivity contribution is 5.97. The molecule has 0 radical (unpaired) electrons. The molecule has 19 heavy (non-hydrogen) atoms. The molecule has 1 aromatic heterocycles. The molecule has 1 saturated heterocycles. The van der Waals surface area contributed by atoms with Crippen LogP contribution in [0.5, 0.6) is 0 Å². The molecular formula is C13H23N5O. The van der Waals surface area contributed by atoms with Gasteiger partial charge in [0.05, 0.1) is 11.9 Å². The lowest BCUT2D eigenvalue weighted by atomic mass is 10.0. The van der Waals surface area contributed by atoms with E-state index in [1.807, 2.05) is 11.8 Å². The van der Waals surface area contributed by atoms with E-state index in [1.54, 1.807) is 10.9 Å². The number of amides is 1. The Morgan fingerprint density at radius 2 is 2.32 bits per heavy atom. The summed E-state index contributed by atoms with van der Waals surface area (Å²) >= 11 is 0. The van der Waals surface area contributed by atoms with Crippen LogP contribution in [0.3, 0.4) is 0 Å². The van der Waals surface area contributed by atoms with Crippen LogP contribution in [0.15, 0.2) is 6.20 Å². The van der Waals surface area contributed by atoms with Gasteiger partial charge in [0.15, 0.2) is 0 Å². The molecule has 2 N–H and O–H groups in total. The zero-order valence-corrected chi connectivity index (χ0v) is 12.0. The van der Waals surface area contributed by atoms with Crippen LogP contribution in [-0.4, -0.2) is 58.7 Å². The molecule has 1 amide bonds. The van der Waals surface area contributed by atoms with Crippen LogP contribution in [-0.2, 0) is 6.54 Å². The first-order chi connectivity index (χ1) is 9.04. The summed E-state index contributed by atoms with van der Waals surface area (Å²) in [5.41, 5.74) is 6.88. The number of nitrogens with two attached hydrogens (primary N) is 1. The number of carbonyl (C=O) groups excluding carboxylic acids is 1. The fourth-order valence-corrected chi connectivity index (χ4v) is 2.58. The van der Waals surface area contributed by atoms with Gasteiger partial charge in [-0.3, -0.25) is 9.48 Å². The van der Waals surface area contributed by atoms with Gasteiger partial charge in [-0.25, -0.2) is 0 Å². The van der Waals surface area contributed by atoms with Crippen molar-refractivity contribution in [3.8, 4) is 0 Å². The van der Waals surface area contributed by atoms with Gasteiger partial charge in [0.1, 0.15) is 5.69 Å². The normalized spacial score (nSPS) is 20.0. The molecule has 2 heterocycles. The largest absolute Gasteiger partial charge is 0.396 e. The Labute approximate surface area is 114 Å². The highest BCUT2D eigenvalue weighted by atomic mass is 16.2. The standard InChI is InChI=1S/C13H23N5O/c1-4-18-12(11(14)8-15-18)13(19)17-7-5-6-10(9-17)16(2)3/h8,10H,4-7,9,14H2,1-3H3. The van der Waals surface area contributed by atoms with Crippen molar-refractivity contribution >= 4 is 11.6 Å². The van der Waals surface area contributed by atoms with Crippen LogP contribution in [0.4, 0.5) is 5.69 Å². The van der Waals surface area contributed by atoms with Crippen LogP contribution < -0.4 is 5.73 Å². The van der Waals surface area contributed by atoms with Crippen molar-refractivity contribution in [1.29, 1.82) is 0 Å². The Morgan fingerprint density at radius 1 is 1.58 bits per heavy atom. The molecule has 1 atom stereocenters. The molecule has 1 aliphatic rings. The molecule has 0 bridgehead atoms.